The molecule has 0 aliphatic carbocycles. The number of aliphatic hydroxyl groups is 1. The minimum atomic E-state index is -0.692. The molecule has 2 unspecified atom stereocenters. The fraction of sp³-hybridized carbons (Fsp3) is 0.562. The molecule has 0 bridgehead atoms. The van der Waals surface area contributed by atoms with Gasteiger partial charge in [0, 0.05) is 13.2 Å². The van der Waals surface area contributed by atoms with Gasteiger partial charge in [0.05, 0.1) is 6.10 Å². The molecule has 20 heavy (non-hydrogen) atoms. The molecule has 0 saturated heterocycles. The van der Waals surface area contributed by atoms with Crippen LogP contribution in [0.5, 0.6) is 0 Å². The number of nitrogens with one attached hydrogen (secondary N) is 1. The van der Waals surface area contributed by atoms with Crippen LogP contribution in [0.15, 0.2) is 24.3 Å². The number of aryl methyl sites for hydroxylation is 1. The number of rotatable bonds is 8. The average molecular weight is 279 g/mol. The molecular formula is C16H25NO3. The van der Waals surface area contributed by atoms with Crippen LogP contribution in [0.25, 0.3) is 0 Å². The van der Waals surface area contributed by atoms with E-state index in [0.717, 1.165) is 24.0 Å². The Morgan fingerprint density at radius 2 is 2.10 bits per heavy atom. The molecule has 1 aromatic rings. The van der Waals surface area contributed by atoms with Gasteiger partial charge in [0.15, 0.2) is 0 Å². The number of hydrogen-bond donors (Lipinski definition) is 2. The largest absolute Gasteiger partial charge is 0.387 e. The Morgan fingerprint density at radius 3 is 2.75 bits per heavy atom. The van der Waals surface area contributed by atoms with Crippen LogP contribution >= 0.6 is 0 Å². The minimum absolute atomic E-state index is 0.186. The van der Waals surface area contributed by atoms with E-state index in [9.17, 15) is 9.90 Å². The second-order valence-electron chi connectivity index (χ2n) is 4.98. The molecule has 0 aliphatic heterocycles. The van der Waals surface area contributed by atoms with E-state index in [-0.39, 0.29) is 12.5 Å². The van der Waals surface area contributed by atoms with Crippen molar-refractivity contribution in [2.75, 3.05) is 13.2 Å². The first kappa shape index (κ1) is 16.7. The number of hydrogen-bond acceptors (Lipinski definition) is 3. The molecule has 1 amide bonds. The lowest BCUT2D eigenvalue weighted by atomic mass is 10.0. The van der Waals surface area contributed by atoms with Gasteiger partial charge in [0.2, 0.25) is 5.91 Å². The summed E-state index contributed by atoms with van der Waals surface area (Å²) < 4.78 is 5.41. The molecule has 0 saturated carbocycles. The Balaban J connectivity index is 2.39. The van der Waals surface area contributed by atoms with Gasteiger partial charge in [-0.2, -0.15) is 0 Å². The van der Waals surface area contributed by atoms with E-state index in [1.165, 1.54) is 0 Å². The summed E-state index contributed by atoms with van der Waals surface area (Å²) in [6.07, 6.45) is 0.817. The van der Waals surface area contributed by atoms with Crippen LogP contribution < -0.4 is 5.32 Å². The topological polar surface area (TPSA) is 58.6 Å². The van der Waals surface area contributed by atoms with Crippen LogP contribution in [0.3, 0.4) is 0 Å². The van der Waals surface area contributed by atoms with Crippen molar-refractivity contribution in [2.24, 2.45) is 0 Å². The van der Waals surface area contributed by atoms with Crippen LogP contribution in [-0.4, -0.2) is 30.3 Å². The third-order valence-electron chi connectivity index (χ3n) is 3.25. The van der Waals surface area contributed by atoms with Crippen molar-refractivity contribution in [1.82, 2.24) is 5.32 Å². The summed E-state index contributed by atoms with van der Waals surface area (Å²) in [5.41, 5.74) is 1.86. The molecule has 0 radical (unpaired) electrons. The van der Waals surface area contributed by atoms with E-state index in [0.29, 0.717) is 6.61 Å². The number of aliphatic hydroxyl groups excluding tert-OH is 1. The van der Waals surface area contributed by atoms with Gasteiger partial charge in [-0.25, -0.2) is 0 Å². The number of benzene rings is 1. The van der Waals surface area contributed by atoms with Gasteiger partial charge in [-0.05, 0) is 31.4 Å². The van der Waals surface area contributed by atoms with Crippen molar-refractivity contribution in [3.63, 3.8) is 0 Å². The van der Waals surface area contributed by atoms with Crippen LogP contribution in [-0.2, 0) is 9.53 Å². The molecule has 4 nitrogen and oxygen atoms in total. The van der Waals surface area contributed by atoms with Crippen molar-refractivity contribution < 1.29 is 14.6 Å². The van der Waals surface area contributed by atoms with Gasteiger partial charge in [-0.3, -0.25) is 4.79 Å². The summed E-state index contributed by atoms with van der Waals surface area (Å²) >= 11 is 0. The van der Waals surface area contributed by atoms with Crippen molar-refractivity contribution in [3.8, 4) is 0 Å². The van der Waals surface area contributed by atoms with Gasteiger partial charge in [0.1, 0.15) is 6.10 Å². The fourth-order valence-electron chi connectivity index (χ4n) is 1.89. The Bertz CT molecular complexity index is 420. The highest BCUT2D eigenvalue weighted by Crippen LogP contribution is 2.16. The standard InChI is InChI=1S/C16H25NO3/c1-4-5-10-20-13(3)16(19)17-11-15(18)14-9-7-6-8-12(14)2/h6-9,13,15,18H,4-5,10-11H2,1-3H3,(H,17,19). The molecule has 0 aliphatic rings. The van der Waals surface area contributed by atoms with E-state index in [1.54, 1.807) is 6.92 Å². The predicted molar refractivity (Wildman–Crippen MR) is 79.5 cm³/mol. The highest BCUT2D eigenvalue weighted by atomic mass is 16.5. The maximum atomic E-state index is 11.8. The molecule has 1 aromatic carbocycles. The Hall–Kier alpha value is -1.39. The Labute approximate surface area is 121 Å². The highest BCUT2D eigenvalue weighted by Gasteiger charge is 2.16. The summed E-state index contributed by atoms with van der Waals surface area (Å²) in [7, 11) is 0. The number of carbonyl (C=O) groups excluding carboxylic acids is 1. The summed E-state index contributed by atoms with van der Waals surface area (Å²) in [4.78, 5) is 11.8. The average Bonchev–Trinajstić information content (AvgIpc) is 2.45. The molecule has 0 fully saturated rings. The van der Waals surface area contributed by atoms with E-state index in [1.807, 2.05) is 31.2 Å². The van der Waals surface area contributed by atoms with Gasteiger partial charge in [-0.15, -0.1) is 0 Å². The SMILES string of the molecule is CCCCOC(C)C(=O)NCC(O)c1ccccc1C. The third kappa shape index (κ3) is 5.31. The lowest BCUT2D eigenvalue weighted by Crippen LogP contribution is -2.37. The third-order valence-corrected chi connectivity index (χ3v) is 3.25. The first-order chi connectivity index (χ1) is 9.56. The smallest absolute Gasteiger partial charge is 0.248 e. The monoisotopic (exact) mass is 279 g/mol. The lowest BCUT2D eigenvalue weighted by Gasteiger charge is -2.17. The van der Waals surface area contributed by atoms with Crippen LogP contribution in [0.4, 0.5) is 0 Å². The molecule has 0 heterocycles. The van der Waals surface area contributed by atoms with E-state index in [4.69, 9.17) is 4.74 Å². The quantitative estimate of drug-likeness (QED) is 0.718. The zero-order chi connectivity index (χ0) is 15.0. The molecule has 2 N–H and O–H groups in total. The normalized spacial score (nSPS) is 13.8. The number of ether oxygens (including phenoxy) is 1. The van der Waals surface area contributed by atoms with E-state index in [2.05, 4.69) is 12.2 Å². The number of amides is 1. The molecule has 0 spiro atoms. The summed E-state index contributed by atoms with van der Waals surface area (Å²) in [6, 6.07) is 7.61. The summed E-state index contributed by atoms with van der Waals surface area (Å²) in [6.45, 7) is 6.53. The maximum Gasteiger partial charge on any atom is 0.248 e. The van der Waals surface area contributed by atoms with Crippen molar-refractivity contribution >= 4 is 5.91 Å². The second kappa shape index (κ2) is 8.72. The molecule has 2 atom stereocenters. The first-order valence-corrected chi connectivity index (χ1v) is 7.19. The minimum Gasteiger partial charge on any atom is -0.387 e. The van der Waals surface area contributed by atoms with E-state index < -0.39 is 12.2 Å². The van der Waals surface area contributed by atoms with Crippen LogP contribution in [0.1, 0.15) is 43.9 Å². The van der Waals surface area contributed by atoms with Gasteiger partial charge in [0.25, 0.3) is 0 Å². The van der Waals surface area contributed by atoms with Gasteiger partial charge in [-0.1, -0.05) is 37.6 Å². The lowest BCUT2D eigenvalue weighted by molar-refractivity contribution is -0.132. The summed E-state index contributed by atoms with van der Waals surface area (Å²) in [5.74, 6) is -0.186. The molecule has 1 rings (SSSR count). The zero-order valence-electron chi connectivity index (χ0n) is 12.6. The molecule has 4 heteroatoms. The number of unbranched alkanes of at least 4 members (excludes halogenated alkanes) is 1. The molecule has 112 valence electrons. The fourth-order valence-corrected chi connectivity index (χ4v) is 1.89. The maximum absolute atomic E-state index is 11.8. The van der Waals surface area contributed by atoms with Crippen LogP contribution in [0.2, 0.25) is 0 Å². The second-order valence-corrected chi connectivity index (χ2v) is 4.98. The van der Waals surface area contributed by atoms with Crippen LogP contribution in [0, 0.1) is 6.92 Å². The molecular weight excluding hydrogens is 254 g/mol. The van der Waals surface area contributed by atoms with Crippen molar-refractivity contribution in [2.45, 2.75) is 45.8 Å². The Kier molecular flexibility index (Phi) is 7.26. The van der Waals surface area contributed by atoms with Crippen molar-refractivity contribution in [3.05, 3.63) is 35.4 Å². The van der Waals surface area contributed by atoms with Gasteiger partial charge < -0.3 is 15.2 Å². The summed E-state index contributed by atoms with van der Waals surface area (Å²) in [5, 5.41) is 12.8. The number of carbonyl (C=O) groups is 1. The molecule has 0 aromatic heterocycles. The highest BCUT2D eigenvalue weighted by molar-refractivity contribution is 5.80. The zero-order valence-corrected chi connectivity index (χ0v) is 12.6. The predicted octanol–water partition coefficient (Wildman–Crippen LogP) is 2.35. The van der Waals surface area contributed by atoms with Crippen molar-refractivity contribution in [1.29, 1.82) is 0 Å². The first-order valence-electron chi connectivity index (χ1n) is 7.19. The van der Waals surface area contributed by atoms with Gasteiger partial charge >= 0.3 is 0 Å². The van der Waals surface area contributed by atoms with E-state index >= 15 is 0 Å². The Morgan fingerprint density at radius 1 is 1.40 bits per heavy atom.